The number of cyclic esters (lactones) is 1. The van der Waals surface area contributed by atoms with Crippen molar-refractivity contribution in [2.45, 2.75) is 38.0 Å². The third-order valence-corrected chi connectivity index (χ3v) is 5.14. The number of nitrogens with zero attached hydrogens (tertiary/aromatic N) is 1. The van der Waals surface area contributed by atoms with E-state index in [0.717, 1.165) is 11.1 Å². The van der Waals surface area contributed by atoms with E-state index in [1.807, 2.05) is 37.3 Å². The Labute approximate surface area is 162 Å². The van der Waals surface area contributed by atoms with Gasteiger partial charge in [0, 0.05) is 26.0 Å². The van der Waals surface area contributed by atoms with Gasteiger partial charge in [-0.3, -0.25) is 0 Å². The predicted molar refractivity (Wildman–Crippen MR) is 99.1 cm³/mol. The summed E-state index contributed by atoms with van der Waals surface area (Å²) >= 11 is 0. The van der Waals surface area contributed by atoms with E-state index in [1.165, 1.54) is 12.1 Å². The lowest BCUT2D eigenvalue weighted by Gasteiger charge is -2.43. The van der Waals surface area contributed by atoms with Crippen LogP contribution >= 0.6 is 0 Å². The topological polar surface area (TPSA) is 59.0 Å². The van der Waals surface area contributed by atoms with E-state index in [1.54, 1.807) is 17.0 Å². The van der Waals surface area contributed by atoms with E-state index in [-0.39, 0.29) is 18.4 Å². The van der Waals surface area contributed by atoms with Gasteiger partial charge in [0.1, 0.15) is 11.4 Å². The van der Waals surface area contributed by atoms with Gasteiger partial charge >= 0.3 is 12.7 Å². The van der Waals surface area contributed by atoms with Gasteiger partial charge in [0.15, 0.2) is 0 Å². The van der Waals surface area contributed by atoms with Crippen molar-refractivity contribution in [3.63, 3.8) is 0 Å². The Kier molecular flexibility index (Phi) is 6.14. The highest BCUT2D eigenvalue weighted by Gasteiger charge is 2.43. The number of amides is 1. The number of ether oxygens (including phenoxy) is 2. The SMILES string of the molecule is C[C@@H](c1ccc(OC(F)F)cc1)N1CC[C@](CCO)(c2ccccc2)OC1=O. The molecule has 0 aromatic heterocycles. The lowest BCUT2D eigenvalue weighted by molar-refractivity contribution is -0.0718. The summed E-state index contributed by atoms with van der Waals surface area (Å²) in [5.41, 5.74) is 0.796. The van der Waals surface area contributed by atoms with Gasteiger partial charge in [-0.2, -0.15) is 8.78 Å². The quantitative estimate of drug-likeness (QED) is 0.757. The van der Waals surface area contributed by atoms with Crippen LogP contribution in [-0.4, -0.2) is 35.9 Å². The molecule has 28 heavy (non-hydrogen) atoms. The van der Waals surface area contributed by atoms with Crippen LogP contribution in [0.4, 0.5) is 13.6 Å². The molecule has 0 spiro atoms. The summed E-state index contributed by atoms with van der Waals surface area (Å²) in [7, 11) is 0. The molecule has 1 heterocycles. The molecular formula is C21H23F2NO4. The number of carbonyl (C=O) groups is 1. The van der Waals surface area contributed by atoms with E-state index >= 15 is 0 Å². The highest BCUT2D eigenvalue weighted by Crippen LogP contribution is 2.39. The molecule has 3 rings (SSSR count). The van der Waals surface area contributed by atoms with Crippen LogP contribution in [0.25, 0.3) is 0 Å². The first-order valence-electron chi connectivity index (χ1n) is 9.16. The van der Waals surface area contributed by atoms with Gasteiger partial charge in [-0.15, -0.1) is 0 Å². The van der Waals surface area contributed by atoms with Gasteiger partial charge in [-0.05, 0) is 30.2 Å². The molecule has 1 N–H and O–H groups in total. The summed E-state index contributed by atoms with van der Waals surface area (Å²) in [6, 6.07) is 15.3. The number of hydrogen-bond acceptors (Lipinski definition) is 4. The van der Waals surface area contributed by atoms with Crippen LogP contribution in [0.2, 0.25) is 0 Å². The fraction of sp³-hybridized carbons (Fsp3) is 0.381. The van der Waals surface area contributed by atoms with Crippen molar-refractivity contribution in [1.29, 1.82) is 0 Å². The third kappa shape index (κ3) is 4.25. The molecule has 1 fully saturated rings. The van der Waals surface area contributed by atoms with Crippen molar-refractivity contribution in [2.24, 2.45) is 0 Å². The Morgan fingerprint density at radius 2 is 1.86 bits per heavy atom. The number of alkyl halides is 2. The van der Waals surface area contributed by atoms with E-state index in [4.69, 9.17) is 4.74 Å². The fourth-order valence-electron chi connectivity index (χ4n) is 3.57. The zero-order chi connectivity index (χ0) is 20.1. The van der Waals surface area contributed by atoms with E-state index in [0.29, 0.717) is 19.4 Å². The van der Waals surface area contributed by atoms with Gasteiger partial charge < -0.3 is 19.5 Å². The molecule has 1 saturated heterocycles. The Bertz CT molecular complexity index is 785. The maximum atomic E-state index is 12.8. The van der Waals surface area contributed by atoms with Crippen molar-refractivity contribution in [2.75, 3.05) is 13.2 Å². The molecule has 2 aromatic rings. The first-order chi connectivity index (χ1) is 13.4. The summed E-state index contributed by atoms with van der Waals surface area (Å²) in [6.45, 7) is -0.669. The van der Waals surface area contributed by atoms with Crippen molar-refractivity contribution < 1.29 is 28.2 Å². The number of benzene rings is 2. The average Bonchev–Trinajstić information content (AvgIpc) is 2.69. The number of carbonyl (C=O) groups excluding carboxylic acids is 1. The minimum Gasteiger partial charge on any atom is -0.438 e. The summed E-state index contributed by atoms with van der Waals surface area (Å²) < 4.78 is 34.8. The molecule has 5 nitrogen and oxygen atoms in total. The second kappa shape index (κ2) is 8.56. The van der Waals surface area contributed by atoms with Crippen molar-refractivity contribution in [3.05, 3.63) is 65.7 Å². The molecule has 0 saturated carbocycles. The summed E-state index contributed by atoms with van der Waals surface area (Å²) in [5.74, 6) is 0.0678. The molecule has 150 valence electrons. The van der Waals surface area contributed by atoms with E-state index < -0.39 is 18.3 Å². The average molecular weight is 391 g/mol. The second-order valence-corrected chi connectivity index (χ2v) is 6.77. The molecular weight excluding hydrogens is 368 g/mol. The normalized spacial score (nSPS) is 20.8. The molecule has 1 aliphatic heterocycles. The lowest BCUT2D eigenvalue weighted by Crippen LogP contribution is -2.49. The largest absolute Gasteiger partial charge is 0.438 e. The Morgan fingerprint density at radius 3 is 2.43 bits per heavy atom. The van der Waals surface area contributed by atoms with Gasteiger partial charge in [0.25, 0.3) is 0 Å². The lowest BCUT2D eigenvalue weighted by atomic mass is 9.85. The minimum absolute atomic E-state index is 0.0678. The predicted octanol–water partition coefficient (Wildman–Crippen LogP) is 4.47. The first-order valence-corrected chi connectivity index (χ1v) is 9.16. The van der Waals surface area contributed by atoms with Crippen molar-refractivity contribution in [3.8, 4) is 5.75 Å². The monoisotopic (exact) mass is 391 g/mol. The highest BCUT2D eigenvalue weighted by atomic mass is 19.3. The zero-order valence-electron chi connectivity index (χ0n) is 15.6. The van der Waals surface area contributed by atoms with Crippen LogP contribution in [0.5, 0.6) is 5.75 Å². The number of rotatable bonds is 7. The second-order valence-electron chi connectivity index (χ2n) is 6.77. The zero-order valence-corrected chi connectivity index (χ0v) is 15.6. The molecule has 2 aromatic carbocycles. The molecule has 1 aliphatic rings. The van der Waals surface area contributed by atoms with E-state index in [2.05, 4.69) is 4.74 Å². The van der Waals surface area contributed by atoms with Gasteiger partial charge in [-0.25, -0.2) is 4.79 Å². The number of hydrogen-bond donors (Lipinski definition) is 1. The highest BCUT2D eigenvalue weighted by molar-refractivity contribution is 5.70. The summed E-state index contributed by atoms with van der Waals surface area (Å²) in [4.78, 5) is 14.4. The van der Waals surface area contributed by atoms with Crippen LogP contribution in [-0.2, 0) is 10.3 Å². The molecule has 2 atom stereocenters. The minimum atomic E-state index is -2.88. The fourth-order valence-corrected chi connectivity index (χ4v) is 3.57. The molecule has 0 aliphatic carbocycles. The van der Waals surface area contributed by atoms with Crippen LogP contribution in [0.3, 0.4) is 0 Å². The van der Waals surface area contributed by atoms with Crippen LogP contribution in [0.15, 0.2) is 54.6 Å². The summed E-state index contributed by atoms with van der Waals surface area (Å²) in [6.07, 6.45) is 0.397. The standard InChI is InChI=1S/C21H23F2NO4/c1-15(16-7-9-18(10-8-16)27-19(22)23)24-13-11-21(12-14-25,28-20(24)26)17-5-3-2-4-6-17/h2-10,15,19,25H,11-14H2,1H3/t15-,21-/m0/s1. The van der Waals surface area contributed by atoms with Crippen LogP contribution in [0, 0.1) is 0 Å². The maximum absolute atomic E-state index is 12.8. The Balaban J connectivity index is 1.74. The smallest absolute Gasteiger partial charge is 0.411 e. The maximum Gasteiger partial charge on any atom is 0.411 e. The molecule has 0 unspecified atom stereocenters. The first kappa shape index (κ1) is 20.1. The van der Waals surface area contributed by atoms with Crippen LogP contribution in [0.1, 0.15) is 36.9 Å². The van der Waals surface area contributed by atoms with Crippen LogP contribution < -0.4 is 4.74 Å². The third-order valence-electron chi connectivity index (χ3n) is 5.14. The summed E-state index contributed by atoms with van der Waals surface area (Å²) in [5, 5.41) is 9.50. The Hall–Kier alpha value is -2.67. The molecule has 0 bridgehead atoms. The number of aliphatic hydroxyl groups excluding tert-OH is 1. The van der Waals surface area contributed by atoms with E-state index in [9.17, 15) is 18.7 Å². The molecule has 0 radical (unpaired) electrons. The molecule has 7 heteroatoms. The van der Waals surface area contributed by atoms with Gasteiger partial charge in [-0.1, -0.05) is 42.5 Å². The van der Waals surface area contributed by atoms with Crippen molar-refractivity contribution in [1.82, 2.24) is 4.90 Å². The van der Waals surface area contributed by atoms with Crippen molar-refractivity contribution >= 4 is 6.09 Å². The Morgan fingerprint density at radius 1 is 1.18 bits per heavy atom. The van der Waals surface area contributed by atoms with Gasteiger partial charge in [0.05, 0.1) is 6.04 Å². The number of aliphatic hydroxyl groups is 1. The molecule has 1 amide bonds. The number of halogens is 2. The van der Waals surface area contributed by atoms with Gasteiger partial charge in [0.2, 0.25) is 0 Å².